The molecule has 0 atom stereocenters. The first-order chi connectivity index (χ1) is 14.7. The molecule has 4 nitrogen and oxygen atoms in total. The zero-order valence-electron chi connectivity index (χ0n) is 16.9. The van der Waals surface area contributed by atoms with E-state index >= 15 is 0 Å². The summed E-state index contributed by atoms with van der Waals surface area (Å²) in [6.45, 7) is 2.86. The monoisotopic (exact) mass is 393 g/mol. The van der Waals surface area contributed by atoms with Crippen molar-refractivity contribution in [1.29, 1.82) is 0 Å². The molecule has 4 aromatic rings. The van der Waals surface area contributed by atoms with Gasteiger partial charge in [0.05, 0.1) is 11.3 Å². The Morgan fingerprint density at radius 1 is 0.900 bits per heavy atom. The molecule has 0 saturated heterocycles. The molecule has 5 rings (SSSR count). The Labute approximate surface area is 176 Å². The first-order valence-corrected chi connectivity index (χ1v) is 10.4. The third-order valence-electron chi connectivity index (χ3n) is 5.74. The lowest BCUT2D eigenvalue weighted by Crippen LogP contribution is -2.31. The van der Waals surface area contributed by atoms with Crippen LogP contribution < -0.4 is 5.32 Å². The van der Waals surface area contributed by atoms with E-state index in [1.165, 1.54) is 16.7 Å². The highest BCUT2D eigenvalue weighted by Gasteiger charge is 2.20. The number of aromatic amines is 1. The summed E-state index contributed by atoms with van der Waals surface area (Å²) in [5.74, 6) is -0.00433. The number of amides is 1. The molecule has 3 heterocycles. The molecule has 0 unspecified atom stereocenters. The van der Waals surface area contributed by atoms with Crippen LogP contribution in [-0.4, -0.2) is 22.4 Å². The molecule has 0 bridgehead atoms. The fourth-order valence-corrected chi connectivity index (χ4v) is 4.16. The van der Waals surface area contributed by atoms with Crippen LogP contribution >= 0.6 is 0 Å². The number of nitrogens with zero attached hydrogens (tertiary/aromatic N) is 1. The van der Waals surface area contributed by atoms with E-state index in [4.69, 9.17) is 0 Å². The topological polar surface area (TPSA) is 57.8 Å². The number of rotatable bonds is 4. The number of aryl methyl sites for hydroxylation is 1. The van der Waals surface area contributed by atoms with E-state index in [-0.39, 0.29) is 5.91 Å². The highest BCUT2D eigenvalue weighted by Crippen LogP contribution is 2.30. The minimum Gasteiger partial charge on any atom is -0.358 e. The third kappa shape index (κ3) is 3.30. The van der Waals surface area contributed by atoms with Crippen molar-refractivity contribution in [3.63, 3.8) is 0 Å². The molecular weight excluding hydrogens is 370 g/mol. The molecular formula is C26H23N3O. The van der Waals surface area contributed by atoms with Gasteiger partial charge in [-0.25, -0.2) is 0 Å². The summed E-state index contributed by atoms with van der Waals surface area (Å²) < 4.78 is 0. The lowest BCUT2D eigenvalue weighted by atomic mass is 9.96. The van der Waals surface area contributed by atoms with E-state index in [9.17, 15) is 4.79 Å². The smallest absolute Gasteiger partial charge is 0.253 e. The van der Waals surface area contributed by atoms with Gasteiger partial charge in [-0.15, -0.1) is 0 Å². The van der Waals surface area contributed by atoms with Gasteiger partial charge in [0.1, 0.15) is 0 Å². The quantitative estimate of drug-likeness (QED) is 0.497. The molecule has 0 aliphatic carbocycles. The first-order valence-electron chi connectivity index (χ1n) is 10.4. The van der Waals surface area contributed by atoms with Crippen LogP contribution in [0.4, 0.5) is 0 Å². The van der Waals surface area contributed by atoms with Crippen LogP contribution in [0, 0.1) is 0 Å². The summed E-state index contributed by atoms with van der Waals surface area (Å²) >= 11 is 0. The Balaban J connectivity index is 1.53. The normalized spacial score (nSPS) is 13.0. The fraction of sp³-hybridized carbons (Fsp3) is 0.154. The average Bonchev–Trinajstić information content (AvgIpc) is 3.25. The highest BCUT2D eigenvalue weighted by atomic mass is 16.1. The molecule has 2 N–H and O–H groups in total. The van der Waals surface area contributed by atoms with Gasteiger partial charge in [0.25, 0.3) is 5.91 Å². The number of benzene rings is 2. The summed E-state index contributed by atoms with van der Waals surface area (Å²) in [6, 6.07) is 23.1. The molecule has 2 aromatic heterocycles. The number of nitrogens with one attached hydrogen (secondary N) is 2. The van der Waals surface area contributed by atoms with E-state index in [0.29, 0.717) is 6.54 Å². The Bertz CT molecular complexity index is 1240. The van der Waals surface area contributed by atoms with Crippen molar-refractivity contribution in [2.75, 3.05) is 6.54 Å². The van der Waals surface area contributed by atoms with Crippen molar-refractivity contribution in [2.24, 2.45) is 0 Å². The van der Waals surface area contributed by atoms with Gasteiger partial charge in [0.2, 0.25) is 0 Å². The van der Waals surface area contributed by atoms with Gasteiger partial charge in [-0.1, -0.05) is 49.4 Å². The lowest BCUT2D eigenvalue weighted by molar-refractivity contribution is 0.0946. The van der Waals surface area contributed by atoms with E-state index in [1.807, 2.05) is 18.3 Å². The molecule has 1 aliphatic heterocycles. The summed E-state index contributed by atoms with van der Waals surface area (Å²) in [4.78, 5) is 20.1. The molecule has 1 amide bonds. The Hall–Kier alpha value is -3.66. The predicted octanol–water partition coefficient (Wildman–Crippen LogP) is 5.26. The summed E-state index contributed by atoms with van der Waals surface area (Å²) in [5, 5.41) is 2.90. The average molecular weight is 393 g/mol. The summed E-state index contributed by atoms with van der Waals surface area (Å²) in [6.07, 6.45) is 3.66. The van der Waals surface area contributed by atoms with Crippen molar-refractivity contribution in [2.45, 2.75) is 19.8 Å². The molecule has 4 heteroatoms. The van der Waals surface area contributed by atoms with E-state index in [0.717, 1.165) is 46.6 Å². The maximum atomic E-state index is 12.1. The number of hydrogen-bond donors (Lipinski definition) is 2. The zero-order chi connectivity index (χ0) is 20.5. The largest absolute Gasteiger partial charge is 0.358 e. The van der Waals surface area contributed by atoms with Crippen molar-refractivity contribution < 1.29 is 4.79 Å². The molecule has 0 saturated carbocycles. The molecule has 2 aromatic carbocycles. The van der Waals surface area contributed by atoms with Gasteiger partial charge in [-0.3, -0.25) is 9.78 Å². The second-order valence-corrected chi connectivity index (χ2v) is 7.60. The molecule has 30 heavy (non-hydrogen) atoms. The Morgan fingerprint density at radius 3 is 2.63 bits per heavy atom. The number of carbonyl (C=O) groups excluding carboxylic acids is 1. The number of hydrogen-bond acceptors (Lipinski definition) is 2. The number of carbonyl (C=O) groups is 1. The Kier molecular flexibility index (Phi) is 4.68. The molecule has 0 fully saturated rings. The lowest BCUT2D eigenvalue weighted by Gasteiger charge is -2.11. The predicted molar refractivity (Wildman–Crippen MR) is 120 cm³/mol. The van der Waals surface area contributed by atoms with Crippen LogP contribution in [0.5, 0.6) is 0 Å². The van der Waals surface area contributed by atoms with Crippen LogP contribution in [0.15, 0.2) is 72.9 Å². The highest BCUT2D eigenvalue weighted by molar-refractivity contribution is 5.97. The SMILES string of the molecule is CCc1ccccc1-c1cccc(-c2cc(-c3cc4c([nH]3)CCNC4=O)ccn2)c1. The third-order valence-corrected chi connectivity index (χ3v) is 5.74. The minimum atomic E-state index is -0.00433. The molecule has 148 valence electrons. The van der Waals surface area contributed by atoms with Gasteiger partial charge in [0.15, 0.2) is 0 Å². The van der Waals surface area contributed by atoms with Gasteiger partial charge in [-0.2, -0.15) is 0 Å². The summed E-state index contributed by atoms with van der Waals surface area (Å²) in [5.41, 5.74) is 9.53. The molecule has 0 spiro atoms. The second kappa shape index (κ2) is 7.64. The van der Waals surface area contributed by atoms with Gasteiger partial charge in [0, 0.05) is 41.7 Å². The second-order valence-electron chi connectivity index (χ2n) is 7.60. The molecule has 0 radical (unpaired) electrons. The van der Waals surface area contributed by atoms with Gasteiger partial charge >= 0.3 is 0 Å². The van der Waals surface area contributed by atoms with E-state index in [1.54, 1.807) is 0 Å². The van der Waals surface area contributed by atoms with Crippen LogP contribution in [0.2, 0.25) is 0 Å². The summed E-state index contributed by atoms with van der Waals surface area (Å²) in [7, 11) is 0. The number of H-pyrrole nitrogens is 1. The van der Waals surface area contributed by atoms with Crippen LogP contribution in [0.1, 0.15) is 28.5 Å². The Morgan fingerprint density at radius 2 is 1.77 bits per heavy atom. The van der Waals surface area contributed by atoms with E-state index < -0.39 is 0 Å². The van der Waals surface area contributed by atoms with Crippen LogP contribution in [-0.2, 0) is 12.8 Å². The maximum absolute atomic E-state index is 12.1. The molecule has 1 aliphatic rings. The standard InChI is InChI=1S/C26H23N3O/c1-2-17-6-3-4-9-21(17)18-7-5-8-19(14-18)24-15-20(10-12-27-24)25-16-22-23(29-25)11-13-28-26(22)30/h3-10,12,14-16,29H,2,11,13H2,1H3,(H,28,30). The van der Waals surface area contributed by atoms with Gasteiger partial charge < -0.3 is 10.3 Å². The van der Waals surface area contributed by atoms with Crippen LogP contribution in [0.25, 0.3) is 33.6 Å². The first kappa shape index (κ1) is 18.4. The van der Waals surface area contributed by atoms with Crippen molar-refractivity contribution in [3.8, 4) is 33.6 Å². The van der Waals surface area contributed by atoms with Crippen molar-refractivity contribution >= 4 is 5.91 Å². The number of aromatic nitrogens is 2. The minimum absolute atomic E-state index is 0.00433. The van der Waals surface area contributed by atoms with Crippen molar-refractivity contribution in [1.82, 2.24) is 15.3 Å². The number of fused-ring (bicyclic) bond motifs is 1. The van der Waals surface area contributed by atoms with Crippen molar-refractivity contribution in [3.05, 3.63) is 89.7 Å². The van der Waals surface area contributed by atoms with Crippen LogP contribution in [0.3, 0.4) is 0 Å². The maximum Gasteiger partial charge on any atom is 0.253 e. The van der Waals surface area contributed by atoms with Gasteiger partial charge in [-0.05, 0) is 47.4 Å². The van der Waals surface area contributed by atoms with E-state index in [2.05, 4.69) is 76.8 Å². The zero-order valence-corrected chi connectivity index (χ0v) is 16.9. The number of pyridine rings is 1. The fourth-order valence-electron chi connectivity index (χ4n) is 4.16.